The van der Waals surface area contributed by atoms with Crippen molar-refractivity contribution in [3.8, 4) is 0 Å². The van der Waals surface area contributed by atoms with Gasteiger partial charge in [-0.3, -0.25) is 4.79 Å². The Hall–Kier alpha value is -0.610. The van der Waals surface area contributed by atoms with Gasteiger partial charge in [-0.05, 0) is 19.8 Å². The summed E-state index contributed by atoms with van der Waals surface area (Å²) < 4.78 is 10.5. The molecule has 0 aromatic heterocycles. The number of rotatable bonds is 6. The third kappa shape index (κ3) is 4.94. The van der Waals surface area contributed by atoms with E-state index in [1.807, 2.05) is 13.8 Å². The molecule has 1 aliphatic rings. The van der Waals surface area contributed by atoms with Crippen LogP contribution in [0, 0.1) is 5.92 Å². The summed E-state index contributed by atoms with van der Waals surface area (Å²) in [7, 11) is 0. The highest BCUT2D eigenvalue weighted by Gasteiger charge is 2.22. The van der Waals surface area contributed by atoms with Crippen molar-refractivity contribution in [2.45, 2.75) is 51.7 Å². The largest absolute Gasteiger partial charge is 0.460 e. The van der Waals surface area contributed by atoms with Crippen LogP contribution in [0.1, 0.15) is 39.5 Å². The Labute approximate surface area is 97.5 Å². The summed E-state index contributed by atoms with van der Waals surface area (Å²) in [5.74, 6) is -0.125. The van der Waals surface area contributed by atoms with Gasteiger partial charge in [-0.25, -0.2) is 0 Å². The first kappa shape index (κ1) is 13.5. The van der Waals surface area contributed by atoms with Crippen molar-refractivity contribution in [2.24, 2.45) is 11.7 Å². The third-order valence-corrected chi connectivity index (χ3v) is 2.87. The predicted octanol–water partition coefficient (Wildman–Crippen LogP) is 1.47. The van der Waals surface area contributed by atoms with Crippen LogP contribution in [0.25, 0.3) is 0 Å². The molecule has 3 unspecified atom stereocenters. The van der Waals surface area contributed by atoms with Gasteiger partial charge in [0.05, 0.1) is 19.1 Å². The van der Waals surface area contributed by atoms with Crippen molar-refractivity contribution >= 4 is 5.97 Å². The van der Waals surface area contributed by atoms with Gasteiger partial charge in [0, 0.05) is 12.5 Å². The molecule has 0 aromatic carbocycles. The highest BCUT2D eigenvalue weighted by Crippen LogP contribution is 2.15. The molecule has 0 saturated carbocycles. The molecule has 1 rings (SSSR count). The van der Waals surface area contributed by atoms with E-state index in [1.165, 1.54) is 0 Å². The fourth-order valence-electron chi connectivity index (χ4n) is 1.75. The molecule has 4 nitrogen and oxygen atoms in total. The van der Waals surface area contributed by atoms with Crippen LogP contribution in [0.3, 0.4) is 0 Å². The monoisotopic (exact) mass is 229 g/mol. The molecule has 1 heterocycles. The van der Waals surface area contributed by atoms with Gasteiger partial charge in [-0.15, -0.1) is 0 Å². The van der Waals surface area contributed by atoms with E-state index in [2.05, 4.69) is 0 Å². The van der Waals surface area contributed by atoms with E-state index in [0.29, 0.717) is 13.2 Å². The van der Waals surface area contributed by atoms with E-state index >= 15 is 0 Å². The van der Waals surface area contributed by atoms with Crippen molar-refractivity contribution < 1.29 is 14.3 Å². The van der Waals surface area contributed by atoms with E-state index in [0.717, 1.165) is 25.7 Å². The van der Waals surface area contributed by atoms with E-state index in [1.54, 1.807) is 0 Å². The zero-order chi connectivity index (χ0) is 12.0. The van der Waals surface area contributed by atoms with Crippen LogP contribution < -0.4 is 5.73 Å². The standard InChI is InChI=1S/C12H23NO3/c1-9(4-3-5-10(2)13)12(14)16-11-6-7-15-8-11/h9-11H,3-8,13H2,1-2H3. The lowest BCUT2D eigenvalue weighted by molar-refractivity contribution is -0.153. The molecular weight excluding hydrogens is 206 g/mol. The summed E-state index contributed by atoms with van der Waals surface area (Å²) in [6.07, 6.45) is 3.61. The number of nitrogens with two attached hydrogens (primary N) is 1. The van der Waals surface area contributed by atoms with Gasteiger partial charge in [0.15, 0.2) is 0 Å². The van der Waals surface area contributed by atoms with Crippen molar-refractivity contribution in [1.29, 1.82) is 0 Å². The Morgan fingerprint density at radius 2 is 2.25 bits per heavy atom. The molecule has 0 aromatic rings. The summed E-state index contributed by atoms with van der Waals surface area (Å²) in [6, 6.07) is 0.214. The van der Waals surface area contributed by atoms with Crippen LogP contribution in [-0.4, -0.2) is 31.3 Å². The highest BCUT2D eigenvalue weighted by atomic mass is 16.6. The lowest BCUT2D eigenvalue weighted by atomic mass is 10.0. The Kier molecular flexibility index (Phi) is 5.77. The Balaban J connectivity index is 2.14. The fraction of sp³-hybridized carbons (Fsp3) is 0.917. The number of carbonyl (C=O) groups is 1. The minimum absolute atomic E-state index is 0.0246. The zero-order valence-electron chi connectivity index (χ0n) is 10.3. The fourth-order valence-corrected chi connectivity index (χ4v) is 1.75. The topological polar surface area (TPSA) is 61.6 Å². The maximum atomic E-state index is 11.7. The molecule has 1 aliphatic heterocycles. The average molecular weight is 229 g/mol. The third-order valence-electron chi connectivity index (χ3n) is 2.87. The second-order valence-corrected chi connectivity index (χ2v) is 4.73. The highest BCUT2D eigenvalue weighted by molar-refractivity contribution is 5.72. The van der Waals surface area contributed by atoms with Crippen LogP contribution in [0.5, 0.6) is 0 Å². The summed E-state index contributed by atoms with van der Waals surface area (Å²) in [5, 5.41) is 0. The molecular formula is C12H23NO3. The van der Waals surface area contributed by atoms with E-state index < -0.39 is 0 Å². The maximum Gasteiger partial charge on any atom is 0.309 e. The molecule has 0 spiro atoms. The molecule has 16 heavy (non-hydrogen) atoms. The lowest BCUT2D eigenvalue weighted by Crippen LogP contribution is -2.23. The van der Waals surface area contributed by atoms with Gasteiger partial charge >= 0.3 is 5.97 Å². The first-order chi connectivity index (χ1) is 7.59. The van der Waals surface area contributed by atoms with E-state index in [9.17, 15) is 4.79 Å². The van der Waals surface area contributed by atoms with Crippen LogP contribution >= 0.6 is 0 Å². The molecule has 2 N–H and O–H groups in total. The van der Waals surface area contributed by atoms with Crippen LogP contribution in [0.4, 0.5) is 0 Å². The lowest BCUT2D eigenvalue weighted by Gasteiger charge is -2.15. The normalized spacial score (nSPS) is 24.1. The predicted molar refractivity (Wildman–Crippen MR) is 62.0 cm³/mol. The summed E-state index contributed by atoms with van der Waals surface area (Å²) >= 11 is 0. The minimum Gasteiger partial charge on any atom is -0.460 e. The Morgan fingerprint density at radius 3 is 2.81 bits per heavy atom. The zero-order valence-corrected chi connectivity index (χ0v) is 10.3. The molecule has 3 atom stereocenters. The maximum absolute atomic E-state index is 11.7. The Bertz CT molecular complexity index is 212. The van der Waals surface area contributed by atoms with Crippen LogP contribution in [-0.2, 0) is 14.3 Å². The van der Waals surface area contributed by atoms with Gasteiger partial charge in [-0.1, -0.05) is 13.3 Å². The van der Waals surface area contributed by atoms with Gasteiger partial charge in [0.2, 0.25) is 0 Å². The van der Waals surface area contributed by atoms with Gasteiger partial charge < -0.3 is 15.2 Å². The first-order valence-corrected chi connectivity index (χ1v) is 6.13. The summed E-state index contributed by atoms with van der Waals surface area (Å²) in [5.41, 5.74) is 5.65. The minimum atomic E-state index is -0.0971. The molecule has 1 saturated heterocycles. The van der Waals surface area contributed by atoms with E-state index in [-0.39, 0.29) is 24.0 Å². The number of carbonyl (C=O) groups excluding carboxylic acids is 1. The number of hydrogen-bond acceptors (Lipinski definition) is 4. The van der Waals surface area contributed by atoms with Crippen molar-refractivity contribution in [2.75, 3.05) is 13.2 Å². The number of ether oxygens (including phenoxy) is 2. The molecule has 0 bridgehead atoms. The molecule has 0 aliphatic carbocycles. The number of esters is 1. The smallest absolute Gasteiger partial charge is 0.309 e. The molecule has 94 valence electrons. The SMILES string of the molecule is CC(N)CCCC(C)C(=O)OC1CCOC1. The second-order valence-electron chi connectivity index (χ2n) is 4.73. The average Bonchev–Trinajstić information content (AvgIpc) is 2.69. The number of hydrogen-bond donors (Lipinski definition) is 1. The van der Waals surface area contributed by atoms with Crippen molar-refractivity contribution in [1.82, 2.24) is 0 Å². The van der Waals surface area contributed by atoms with Gasteiger partial charge in [0.1, 0.15) is 6.10 Å². The Morgan fingerprint density at radius 1 is 1.50 bits per heavy atom. The summed E-state index contributed by atoms with van der Waals surface area (Å²) in [6.45, 7) is 5.16. The van der Waals surface area contributed by atoms with Crippen molar-refractivity contribution in [3.05, 3.63) is 0 Å². The van der Waals surface area contributed by atoms with Crippen LogP contribution in [0.15, 0.2) is 0 Å². The molecule has 1 fully saturated rings. The molecule has 4 heteroatoms. The van der Waals surface area contributed by atoms with Crippen molar-refractivity contribution in [3.63, 3.8) is 0 Å². The van der Waals surface area contributed by atoms with E-state index in [4.69, 9.17) is 15.2 Å². The molecule has 0 amide bonds. The van der Waals surface area contributed by atoms with Gasteiger partial charge in [-0.2, -0.15) is 0 Å². The molecule has 0 radical (unpaired) electrons. The van der Waals surface area contributed by atoms with Crippen LogP contribution in [0.2, 0.25) is 0 Å². The second kappa shape index (κ2) is 6.86. The summed E-state index contributed by atoms with van der Waals surface area (Å²) in [4.78, 5) is 11.7. The first-order valence-electron chi connectivity index (χ1n) is 6.13. The quantitative estimate of drug-likeness (QED) is 0.701. The van der Waals surface area contributed by atoms with Gasteiger partial charge in [0.25, 0.3) is 0 Å².